The molecule has 0 atom stereocenters. The zero-order valence-electron chi connectivity index (χ0n) is 14.1. The molecule has 0 fully saturated rings. The Balaban J connectivity index is 1.97. The number of hydrogen-bond donors (Lipinski definition) is 2. The summed E-state index contributed by atoms with van der Waals surface area (Å²) in [6.45, 7) is 7.15. The van der Waals surface area contributed by atoms with Gasteiger partial charge in [0.1, 0.15) is 0 Å². The highest BCUT2D eigenvalue weighted by Crippen LogP contribution is 2.14. The maximum atomic E-state index is 5.18. The van der Waals surface area contributed by atoms with Gasteiger partial charge in [-0.15, -0.1) is 11.3 Å². The minimum atomic E-state index is 0.632. The predicted molar refractivity (Wildman–Crippen MR) is 97.9 cm³/mol. The second kappa shape index (κ2) is 9.33. The number of nitrogens with one attached hydrogen (secondary N) is 2. The van der Waals surface area contributed by atoms with Gasteiger partial charge in [-0.25, -0.2) is 4.99 Å². The molecule has 1 aromatic heterocycles. The van der Waals surface area contributed by atoms with Gasteiger partial charge >= 0.3 is 0 Å². The van der Waals surface area contributed by atoms with Gasteiger partial charge in [0.15, 0.2) is 5.96 Å². The molecule has 0 bridgehead atoms. The molecule has 124 valence electrons. The molecular formula is C18H25N3OS. The summed E-state index contributed by atoms with van der Waals surface area (Å²) in [6.07, 6.45) is 0. The lowest BCUT2D eigenvalue weighted by molar-refractivity contribution is 0.185. The zero-order chi connectivity index (χ0) is 16.5. The second-order valence-electron chi connectivity index (χ2n) is 5.33. The molecule has 0 saturated carbocycles. The summed E-state index contributed by atoms with van der Waals surface area (Å²) in [5.74, 6) is 0.845. The van der Waals surface area contributed by atoms with Crippen molar-refractivity contribution in [1.82, 2.24) is 10.6 Å². The maximum Gasteiger partial charge on any atom is 0.191 e. The Labute approximate surface area is 142 Å². The summed E-state index contributed by atoms with van der Waals surface area (Å²) in [4.78, 5) is 6.02. The average Bonchev–Trinajstić information content (AvgIpc) is 2.96. The van der Waals surface area contributed by atoms with Crippen molar-refractivity contribution in [3.63, 3.8) is 0 Å². The maximum absolute atomic E-state index is 5.18. The van der Waals surface area contributed by atoms with E-state index in [1.165, 1.54) is 21.6 Å². The fraction of sp³-hybridized carbons (Fsp3) is 0.389. The van der Waals surface area contributed by atoms with E-state index >= 15 is 0 Å². The molecule has 0 saturated heterocycles. The number of aryl methyl sites for hydroxylation is 1. The van der Waals surface area contributed by atoms with Gasteiger partial charge in [-0.2, -0.15) is 0 Å². The highest BCUT2D eigenvalue weighted by Gasteiger charge is 2.02. The minimum Gasteiger partial charge on any atom is -0.380 e. The summed E-state index contributed by atoms with van der Waals surface area (Å²) in [5.41, 5.74) is 3.68. The summed E-state index contributed by atoms with van der Waals surface area (Å²) in [6, 6.07) is 10.5. The lowest BCUT2D eigenvalue weighted by atomic mass is 10.1. The molecule has 5 heteroatoms. The Morgan fingerprint density at radius 3 is 2.74 bits per heavy atom. The molecule has 0 aliphatic carbocycles. The predicted octanol–water partition coefficient (Wildman–Crippen LogP) is 3.46. The van der Waals surface area contributed by atoms with Gasteiger partial charge in [0.05, 0.1) is 19.7 Å². The molecule has 2 rings (SSSR count). The summed E-state index contributed by atoms with van der Waals surface area (Å²) < 4.78 is 5.18. The van der Waals surface area contributed by atoms with E-state index in [1.807, 2.05) is 0 Å². The summed E-state index contributed by atoms with van der Waals surface area (Å²) in [5, 5.41) is 8.81. The SMILES string of the molecule is CCNC(=NCc1cccc(COC)c1)NCc1sccc1C. The first-order valence-corrected chi connectivity index (χ1v) is 8.72. The third-order valence-corrected chi connectivity index (χ3v) is 4.47. The van der Waals surface area contributed by atoms with Gasteiger partial charge in [0.25, 0.3) is 0 Å². The molecule has 1 heterocycles. The van der Waals surface area contributed by atoms with Crippen LogP contribution in [0.4, 0.5) is 0 Å². The van der Waals surface area contributed by atoms with Crippen molar-refractivity contribution in [3.8, 4) is 0 Å². The van der Waals surface area contributed by atoms with Crippen molar-refractivity contribution in [2.75, 3.05) is 13.7 Å². The van der Waals surface area contributed by atoms with E-state index in [0.29, 0.717) is 13.2 Å². The van der Waals surface area contributed by atoms with Crippen LogP contribution in [0.25, 0.3) is 0 Å². The Kier molecular flexibility index (Phi) is 7.10. The number of guanidine groups is 1. The zero-order valence-corrected chi connectivity index (χ0v) is 14.9. The number of methoxy groups -OCH3 is 1. The largest absolute Gasteiger partial charge is 0.380 e. The van der Waals surface area contributed by atoms with E-state index in [0.717, 1.165) is 19.0 Å². The highest BCUT2D eigenvalue weighted by atomic mass is 32.1. The van der Waals surface area contributed by atoms with Crippen molar-refractivity contribution in [1.29, 1.82) is 0 Å². The van der Waals surface area contributed by atoms with E-state index in [4.69, 9.17) is 4.74 Å². The van der Waals surface area contributed by atoms with Crippen LogP contribution in [0.1, 0.15) is 28.5 Å². The Morgan fingerprint density at radius 1 is 1.22 bits per heavy atom. The van der Waals surface area contributed by atoms with E-state index in [1.54, 1.807) is 18.4 Å². The van der Waals surface area contributed by atoms with Gasteiger partial charge in [0.2, 0.25) is 0 Å². The number of aliphatic imine (C=N–C) groups is 1. The van der Waals surface area contributed by atoms with Gasteiger partial charge in [0, 0.05) is 18.5 Å². The molecule has 4 nitrogen and oxygen atoms in total. The van der Waals surface area contributed by atoms with E-state index in [-0.39, 0.29) is 0 Å². The van der Waals surface area contributed by atoms with E-state index in [2.05, 4.69) is 65.2 Å². The molecule has 23 heavy (non-hydrogen) atoms. The highest BCUT2D eigenvalue weighted by molar-refractivity contribution is 7.10. The molecular weight excluding hydrogens is 306 g/mol. The van der Waals surface area contributed by atoms with E-state index in [9.17, 15) is 0 Å². The van der Waals surface area contributed by atoms with Crippen molar-refractivity contribution in [2.24, 2.45) is 4.99 Å². The molecule has 1 aromatic carbocycles. The molecule has 0 spiro atoms. The van der Waals surface area contributed by atoms with Gasteiger partial charge < -0.3 is 15.4 Å². The van der Waals surface area contributed by atoms with Crippen LogP contribution in [0, 0.1) is 6.92 Å². The van der Waals surface area contributed by atoms with Crippen LogP contribution in [0.15, 0.2) is 40.7 Å². The Bertz CT molecular complexity index is 637. The number of rotatable bonds is 7. The number of benzene rings is 1. The lowest BCUT2D eigenvalue weighted by Crippen LogP contribution is -2.36. The monoisotopic (exact) mass is 331 g/mol. The number of hydrogen-bond acceptors (Lipinski definition) is 3. The second-order valence-corrected chi connectivity index (χ2v) is 6.33. The molecule has 2 N–H and O–H groups in total. The van der Waals surface area contributed by atoms with Crippen LogP contribution in [0.5, 0.6) is 0 Å². The molecule has 0 aliphatic heterocycles. The fourth-order valence-corrected chi connectivity index (χ4v) is 3.09. The van der Waals surface area contributed by atoms with E-state index < -0.39 is 0 Å². The lowest BCUT2D eigenvalue weighted by Gasteiger charge is -2.11. The Hall–Kier alpha value is -1.85. The average molecular weight is 331 g/mol. The first-order valence-electron chi connectivity index (χ1n) is 7.84. The third-order valence-electron chi connectivity index (χ3n) is 3.45. The van der Waals surface area contributed by atoms with Crippen LogP contribution in [-0.2, 0) is 24.4 Å². The Morgan fingerprint density at radius 2 is 2.04 bits per heavy atom. The standard InChI is InChI=1S/C18H25N3OS/c1-4-19-18(21-12-17-14(2)8-9-23-17)20-11-15-6-5-7-16(10-15)13-22-3/h5-10H,4,11-13H2,1-3H3,(H2,19,20,21). The van der Waals surface area contributed by atoms with Crippen molar-refractivity contribution < 1.29 is 4.74 Å². The molecule has 2 aromatic rings. The van der Waals surface area contributed by atoms with Gasteiger partial charge in [-0.3, -0.25) is 0 Å². The molecule has 0 amide bonds. The summed E-state index contributed by atoms with van der Waals surface area (Å²) >= 11 is 1.77. The van der Waals surface area contributed by atoms with Crippen molar-refractivity contribution >= 4 is 17.3 Å². The first kappa shape index (κ1) is 17.5. The van der Waals surface area contributed by atoms with Crippen LogP contribution >= 0.6 is 11.3 Å². The first-order chi connectivity index (χ1) is 11.2. The normalized spacial score (nSPS) is 11.5. The van der Waals surface area contributed by atoms with Gasteiger partial charge in [-0.05, 0) is 42.0 Å². The number of nitrogens with zero attached hydrogens (tertiary/aromatic N) is 1. The molecule has 0 unspecified atom stereocenters. The fourth-order valence-electron chi connectivity index (χ4n) is 2.25. The topological polar surface area (TPSA) is 45.7 Å². The van der Waals surface area contributed by atoms with Crippen LogP contribution in [0.2, 0.25) is 0 Å². The van der Waals surface area contributed by atoms with Crippen LogP contribution in [0.3, 0.4) is 0 Å². The smallest absolute Gasteiger partial charge is 0.191 e. The summed E-state index contributed by atoms with van der Waals surface area (Å²) in [7, 11) is 1.71. The molecule has 0 aliphatic rings. The number of ether oxygens (including phenoxy) is 1. The van der Waals surface area contributed by atoms with Crippen LogP contribution < -0.4 is 10.6 Å². The number of thiophene rings is 1. The van der Waals surface area contributed by atoms with Crippen molar-refractivity contribution in [3.05, 3.63) is 57.3 Å². The van der Waals surface area contributed by atoms with Crippen molar-refractivity contribution in [2.45, 2.75) is 33.5 Å². The third kappa shape index (κ3) is 5.69. The molecule has 0 radical (unpaired) electrons. The minimum absolute atomic E-state index is 0.632. The quantitative estimate of drug-likeness (QED) is 0.603. The van der Waals surface area contributed by atoms with Gasteiger partial charge in [-0.1, -0.05) is 24.3 Å². The van der Waals surface area contributed by atoms with Crippen LogP contribution in [-0.4, -0.2) is 19.6 Å².